The number of aryl methyl sites for hydroxylation is 1. The molecular weight excluding hydrogens is 381 g/mol. The molecule has 3 aromatic rings. The molecule has 2 aromatic carbocycles. The van der Waals surface area contributed by atoms with Gasteiger partial charge in [-0.3, -0.25) is 4.90 Å². The van der Waals surface area contributed by atoms with Crippen LogP contribution in [0.1, 0.15) is 18.3 Å². The molecule has 7 nitrogen and oxygen atoms in total. The van der Waals surface area contributed by atoms with E-state index < -0.39 is 0 Å². The van der Waals surface area contributed by atoms with E-state index in [1.165, 1.54) is 11.6 Å². The summed E-state index contributed by atoms with van der Waals surface area (Å²) >= 11 is 0. The predicted octanol–water partition coefficient (Wildman–Crippen LogP) is 3.22. The van der Waals surface area contributed by atoms with Crippen molar-refractivity contribution in [3.05, 3.63) is 65.7 Å². The van der Waals surface area contributed by atoms with Gasteiger partial charge in [-0.1, -0.05) is 37.3 Å². The summed E-state index contributed by atoms with van der Waals surface area (Å²) in [7, 11) is 0. The number of nitrogen functional groups attached to an aromatic ring is 1. The van der Waals surface area contributed by atoms with Crippen LogP contribution in [0.25, 0.3) is 0 Å². The highest BCUT2D eigenvalue weighted by Crippen LogP contribution is 2.22. The third-order valence-corrected chi connectivity index (χ3v) is 5.27. The molecule has 0 bridgehead atoms. The van der Waals surface area contributed by atoms with Crippen molar-refractivity contribution >= 4 is 23.3 Å². The number of halogens is 1. The largest absolute Gasteiger partial charge is 0.368 e. The zero-order chi connectivity index (χ0) is 20.9. The summed E-state index contributed by atoms with van der Waals surface area (Å²) < 4.78 is 14.0. The molecule has 1 saturated heterocycles. The lowest BCUT2D eigenvalue weighted by molar-refractivity contribution is 0.243. The van der Waals surface area contributed by atoms with Crippen LogP contribution in [0, 0.1) is 5.82 Å². The molecule has 0 radical (unpaired) electrons. The molecule has 30 heavy (non-hydrogen) atoms. The summed E-state index contributed by atoms with van der Waals surface area (Å²) in [6.45, 7) is 5.76. The van der Waals surface area contributed by atoms with Crippen molar-refractivity contribution in [3.8, 4) is 0 Å². The molecule has 0 aliphatic carbocycles. The van der Waals surface area contributed by atoms with E-state index >= 15 is 0 Å². The molecule has 0 spiro atoms. The molecule has 1 fully saturated rings. The van der Waals surface area contributed by atoms with Crippen molar-refractivity contribution in [1.82, 2.24) is 19.9 Å². The topological polar surface area (TPSA) is 83.2 Å². The Kier molecular flexibility index (Phi) is 6.04. The summed E-state index contributed by atoms with van der Waals surface area (Å²) in [5.41, 5.74) is 8.74. The van der Waals surface area contributed by atoms with E-state index in [2.05, 4.69) is 43.1 Å². The number of benzene rings is 2. The van der Waals surface area contributed by atoms with Gasteiger partial charge in [0.2, 0.25) is 11.9 Å². The van der Waals surface area contributed by atoms with Crippen molar-refractivity contribution < 1.29 is 4.39 Å². The van der Waals surface area contributed by atoms with Gasteiger partial charge in [-0.15, -0.1) is 0 Å². The minimum Gasteiger partial charge on any atom is -0.368 e. The Hall–Kier alpha value is -3.26. The molecule has 156 valence electrons. The molecule has 2 heterocycles. The van der Waals surface area contributed by atoms with Gasteiger partial charge in [0.25, 0.3) is 0 Å². The Morgan fingerprint density at radius 1 is 0.967 bits per heavy atom. The molecule has 0 unspecified atom stereocenters. The van der Waals surface area contributed by atoms with Crippen molar-refractivity contribution in [2.75, 3.05) is 42.1 Å². The number of hydrogen-bond donors (Lipinski definition) is 2. The SMILES string of the molecule is CCc1ccccc1Nc1nc(N)nc(CN2CCN(c3ccccc3F)CC2)n1. The lowest BCUT2D eigenvalue weighted by Crippen LogP contribution is -2.46. The number of nitrogens with one attached hydrogen (secondary N) is 1. The van der Waals surface area contributed by atoms with Gasteiger partial charge in [-0.05, 0) is 30.2 Å². The summed E-state index contributed by atoms with van der Waals surface area (Å²) in [5.74, 6) is 1.09. The van der Waals surface area contributed by atoms with Gasteiger partial charge < -0.3 is 16.0 Å². The number of para-hydroxylation sites is 2. The van der Waals surface area contributed by atoms with Crippen LogP contribution in [-0.4, -0.2) is 46.0 Å². The Bertz CT molecular complexity index is 1000. The zero-order valence-corrected chi connectivity index (χ0v) is 17.1. The molecule has 1 aliphatic heterocycles. The molecular formula is C22H26FN7. The number of piperazine rings is 1. The fourth-order valence-electron chi connectivity index (χ4n) is 3.69. The normalized spacial score (nSPS) is 14.7. The van der Waals surface area contributed by atoms with Crippen LogP contribution < -0.4 is 16.0 Å². The van der Waals surface area contributed by atoms with Crippen LogP contribution in [-0.2, 0) is 13.0 Å². The maximum Gasteiger partial charge on any atom is 0.232 e. The van der Waals surface area contributed by atoms with E-state index in [9.17, 15) is 4.39 Å². The molecule has 4 rings (SSSR count). The number of rotatable bonds is 6. The second-order valence-electron chi connectivity index (χ2n) is 7.28. The second kappa shape index (κ2) is 9.04. The maximum absolute atomic E-state index is 14.0. The molecule has 1 aromatic heterocycles. The van der Waals surface area contributed by atoms with Crippen LogP contribution in [0.4, 0.5) is 27.7 Å². The van der Waals surface area contributed by atoms with Gasteiger partial charge in [0.1, 0.15) is 11.6 Å². The summed E-state index contributed by atoms with van der Waals surface area (Å²) in [6, 6.07) is 15.0. The fraction of sp³-hybridized carbons (Fsp3) is 0.318. The van der Waals surface area contributed by atoms with Gasteiger partial charge in [0.05, 0.1) is 12.2 Å². The van der Waals surface area contributed by atoms with Crippen LogP contribution in [0.5, 0.6) is 0 Å². The van der Waals surface area contributed by atoms with Crippen molar-refractivity contribution in [2.24, 2.45) is 0 Å². The summed E-state index contributed by atoms with van der Waals surface area (Å²) in [6.07, 6.45) is 0.906. The highest BCUT2D eigenvalue weighted by atomic mass is 19.1. The van der Waals surface area contributed by atoms with Crippen molar-refractivity contribution in [1.29, 1.82) is 0 Å². The van der Waals surface area contributed by atoms with E-state index in [0.29, 0.717) is 24.0 Å². The molecule has 0 atom stereocenters. The first kappa shape index (κ1) is 20.0. The molecule has 0 saturated carbocycles. The lowest BCUT2D eigenvalue weighted by Gasteiger charge is -2.35. The number of hydrogen-bond acceptors (Lipinski definition) is 7. The van der Waals surface area contributed by atoms with E-state index in [4.69, 9.17) is 5.73 Å². The van der Waals surface area contributed by atoms with E-state index in [1.807, 2.05) is 30.3 Å². The predicted molar refractivity (Wildman–Crippen MR) is 117 cm³/mol. The molecule has 0 amide bonds. The first-order chi connectivity index (χ1) is 14.6. The molecule has 1 aliphatic rings. The third kappa shape index (κ3) is 4.65. The van der Waals surface area contributed by atoms with Crippen LogP contribution >= 0.6 is 0 Å². The van der Waals surface area contributed by atoms with Gasteiger partial charge in [0, 0.05) is 31.9 Å². The number of nitrogens with two attached hydrogens (primary N) is 1. The summed E-state index contributed by atoms with van der Waals surface area (Å²) in [4.78, 5) is 17.4. The number of nitrogens with zero attached hydrogens (tertiary/aromatic N) is 5. The van der Waals surface area contributed by atoms with Gasteiger partial charge in [-0.25, -0.2) is 4.39 Å². The third-order valence-electron chi connectivity index (χ3n) is 5.27. The van der Waals surface area contributed by atoms with Crippen LogP contribution in [0.3, 0.4) is 0 Å². The Balaban J connectivity index is 1.41. The van der Waals surface area contributed by atoms with E-state index in [0.717, 1.165) is 38.3 Å². The first-order valence-electron chi connectivity index (χ1n) is 10.2. The standard InChI is InChI=1S/C22H26FN7/c1-2-16-7-3-5-9-18(16)25-22-27-20(26-21(24)28-22)15-29-11-13-30(14-12-29)19-10-6-4-8-17(19)23/h3-10H,2,11-15H2,1H3,(H3,24,25,26,27,28). The zero-order valence-electron chi connectivity index (χ0n) is 17.1. The fourth-order valence-corrected chi connectivity index (χ4v) is 3.69. The quantitative estimate of drug-likeness (QED) is 0.649. The van der Waals surface area contributed by atoms with E-state index in [1.54, 1.807) is 6.07 Å². The van der Waals surface area contributed by atoms with Crippen molar-refractivity contribution in [2.45, 2.75) is 19.9 Å². The minimum atomic E-state index is -0.181. The number of aromatic nitrogens is 3. The van der Waals surface area contributed by atoms with Crippen LogP contribution in [0.15, 0.2) is 48.5 Å². The van der Waals surface area contributed by atoms with Gasteiger partial charge in [-0.2, -0.15) is 15.0 Å². The highest BCUT2D eigenvalue weighted by molar-refractivity contribution is 5.58. The van der Waals surface area contributed by atoms with Gasteiger partial charge in [0.15, 0.2) is 0 Å². The average Bonchev–Trinajstić information content (AvgIpc) is 2.75. The van der Waals surface area contributed by atoms with Gasteiger partial charge >= 0.3 is 0 Å². The Labute approximate surface area is 175 Å². The number of anilines is 4. The summed E-state index contributed by atoms with van der Waals surface area (Å²) in [5, 5.41) is 3.27. The maximum atomic E-state index is 14.0. The van der Waals surface area contributed by atoms with Crippen LogP contribution in [0.2, 0.25) is 0 Å². The molecule has 8 heteroatoms. The Morgan fingerprint density at radius 3 is 2.47 bits per heavy atom. The smallest absolute Gasteiger partial charge is 0.232 e. The Morgan fingerprint density at radius 2 is 1.70 bits per heavy atom. The first-order valence-corrected chi connectivity index (χ1v) is 10.2. The second-order valence-corrected chi connectivity index (χ2v) is 7.28. The lowest BCUT2D eigenvalue weighted by atomic mass is 10.1. The minimum absolute atomic E-state index is 0.181. The molecule has 3 N–H and O–H groups in total. The monoisotopic (exact) mass is 407 g/mol. The average molecular weight is 407 g/mol. The highest BCUT2D eigenvalue weighted by Gasteiger charge is 2.20. The van der Waals surface area contributed by atoms with E-state index in [-0.39, 0.29) is 11.8 Å². The van der Waals surface area contributed by atoms with Crippen molar-refractivity contribution in [3.63, 3.8) is 0 Å².